The fraction of sp³-hybridized carbons (Fsp3) is 0.692. The largest absolute Gasteiger partial charge is 0.447 e. The van der Waals surface area contributed by atoms with E-state index in [0.717, 1.165) is 17.9 Å². The van der Waals surface area contributed by atoms with E-state index in [2.05, 4.69) is 20.5 Å². The average molecular weight is 312 g/mol. The number of ether oxygens (including phenoxy) is 1. The Bertz CT molecular complexity index is 481. The topological polar surface area (TPSA) is 120 Å². The van der Waals surface area contributed by atoms with Crippen LogP contribution in [-0.2, 0) is 14.3 Å². The predicted octanol–water partition coefficient (Wildman–Crippen LogP) is -1.04. The molecule has 3 atom stereocenters. The van der Waals surface area contributed by atoms with E-state index in [1.807, 2.05) is 6.92 Å². The van der Waals surface area contributed by atoms with E-state index in [1.54, 1.807) is 0 Å². The van der Waals surface area contributed by atoms with Crippen LogP contribution in [0.3, 0.4) is 0 Å². The third-order valence-electron chi connectivity index (χ3n) is 3.48. The van der Waals surface area contributed by atoms with Gasteiger partial charge in [-0.15, -0.1) is 0 Å². The highest BCUT2D eigenvalue weighted by atomic mass is 16.6. The third-order valence-corrected chi connectivity index (χ3v) is 3.48. The second-order valence-electron chi connectivity index (χ2n) is 5.17. The van der Waals surface area contributed by atoms with Crippen LogP contribution in [-0.4, -0.2) is 65.6 Å². The summed E-state index contributed by atoms with van der Waals surface area (Å²) in [5, 5.41) is 19.9. The molecule has 0 spiro atoms. The summed E-state index contributed by atoms with van der Waals surface area (Å²) < 4.78 is 4.67. The molecular weight excluding hydrogens is 292 g/mol. The molecule has 3 N–H and O–H groups in total. The Morgan fingerprint density at radius 3 is 3.00 bits per heavy atom. The van der Waals surface area contributed by atoms with Crippen molar-refractivity contribution in [3.63, 3.8) is 0 Å². The molecule has 22 heavy (non-hydrogen) atoms. The van der Waals surface area contributed by atoms with Crippen molar-refractivity contribution in [2.75, 3.05) is 13.2 Å². The zero-order valence-corrected chi connectivity index (χ0v) is 12.3. The maximum absolute atomic E-state index is 12.4. The Morgan fingerprint density at radius 1 is 1.59 bits per heavy atom. The van der Waals surface area contributed by atoms with Gasteiger partial charge in [0.1, 0.15) is 12.6 Å². The van der Waals surface area contributed by atoms with E-state index >= 15 is 0 Å². The Balaban J connectivity index is 2.07. The molecule has 0 unspecified atom stereocenters. The summed E-state index contributed by atoms with van der Waals surface area (Å²) in [5.41, 5.74) is 0. The molecule has 0 aromatic heterocycles. The minimum Gasteiger partial charge on any atom is -0.447 e. The van der Waals surface area contributed by atoms with Crippen molar-refractivity contribution in [2.24, 2.45) is 5.10 Å². The van der Waals surface area contributed by atoms with Gasteiger partial charge in [-0.05, 0) is 6.42 Å². The highest BCUT2D eigenvalue weighted by Gasteiger charge is 2.42. The fourth-order valence-electron chi connectivity index (χ4n) is 2.26. The summed E-state index contributed by atoms with van der Waals surface area (Å²) in [4.78, 5) is 35.6. The number of carbonyl (C=O) groups excluding carboxylic acids is 3. The van der Waals surface area contributed by atoms with Crippen molar-refractivity contribution >= 4 is 24.1 Å². The standard InChI is InChI=1S/C13H20N4O5/c1-2-3-5-14-11(19)10-9(18)4-6-15-17(10)12(20)8-7-22-13(21)16-8/h6,8-10,18H,2-5,7H2,1H3,(H,14,19)(H,16,21)/t8-,9+,10+/m1/s1. The third kappa shape index (κ3) is 3.53. The molecule has 3 amide bonds. The Morgan fingerprint density at radius 2 is 2.36 bits per heavy atom. The zero-order valence-electron chi connectivity index (χ0n) is 12.3. The molecule has 0 aromatic carbocycles. The molecule has 0 aliphatic carbocycles. The number of hydrogen-bond acceptors (Lipinski definition) is 6. The van der Waals surface area contributed by atoms with Crippen LogP contribution in [0.2, 0.25) is 0 Å². The molecule has 2 aliphatic rings. The van der Waals surface area contributed by atoms with Crippen LogP contribution >= 0.6 is 0 Å². The number of carbonyl (C=O) groups is 3. The molecule has 0 radical (unpaired) electrons. The van der Waals surface area contributed by atoms with Crippen molar-refractivity contribution in [1.29, 1.82) is 0 Å². The number of aliphatic hydroxyl groups excluding tert-OH is 1. The first kappa shape index (κ1) is 16.2. The molecule has 2 rings (SSSR count). The zero-order chi connectivity index (χ0) is 16.1. The van der Waals surface area contributed by atoms with E-state index in [0.29, 0.717) is 6.54 Å². The first-order valence-corrected chi connectivity index (χ1v) is 7.29. The molecule has 122 valence electrons. The Labute approximate surface area is 127 Å². The highest BCUT2D eigenvalue weighted by molar-refractivity contribution is 5.93. The number of aliphatic hydroxyl groups is 1. The molecule has 9 nitrogen and oxygen atoms in total. The Kier molecular flexibility index (Phi) is 5.31. The van der Waals surface area contributed by atoms with Gasteiger partial charge >= 0.3 is 6.09 Å². The van der Waals surface area contributed by atoms with Gasteiger partial charge < -0.3 is 20.5 Å². The number of hydrogen-bond donors (Lipinski definition) is 3. The lowest BCUT2D eigenvalue weighted by Crippen LogP contribution is -2.58. The number of unbranched alkanes of at least 4 members (excludes halogenated alkanes) is 1. The average Bonchev–Trinajstić information content (AvgIpc) is 2.93. The summed E-state index contributed by atoms with van der Waals surface area (Å²) in [6, 6.07) is -2.01. The number of cyclic esters (lactones) is 1. The fourth-order valence-corrected chi connectivity index (χ4v) is 2.26. The highest BCUT2D eigenvalue weighted by Crippen LogP contribution is 2.16. The Hall–Kier alpha value is -2.16. The maximum atomic E-state index is 12.4. The molecule has 1 saturated heterocycles. The second-order valence-corrected chi connectivity index (χ2v) is 5.17. The summed E-state index contributed by atoms with van der Waals surface area (Å²) in [6.07, 6.45) is 1.54. The maximum Gasteiger partial charge on any atom is 0.407 e. The monoisotopic (exact) mass is 312 g/mol. The van der Waals surface area contributed by atoms with E-state index in [4.69, 9.17) is 0 Å². The van der Waals surface area contributed by atoms with Crippen LogP contribution in [0.4, 0.5) is 4.79 Å². The lowest BCUT2D eigenvalue weighted by atomic mass is 10.0. The molecule has 0 bridgehead atoms. The number of rotatable bonds is 5. The van der Waals surface area contributed by atoms with Gasteiger partial charge in [-0.1, -0.05) is 13.3 Å². The molecular formula is C13H20N4O5. The first-order valence-electron chi connectivity index (χ1n) is 7.29. The van der Waals surface area contributed by atoms with Gasteiger partial charge in [-0.25, -0.2) is 9.80 Å². The van der Waals surface area contributed by atoms with Gasteiger partial charge in [0.2, 0.25) is 5.91 Å². The van der Waals surface area contributed by atoms with Gasteiger partial charge in [0, 0.05) is 19.2 Å². The van der Waals surface area contributed by atoms with E-state index < -0.39 is 36.1 Å². The molecule has 0 saturated carbocycles. The molecule has 1 fully saturated rings. The summed E-state index contributed by atoms with van der Waals surface area (Å²) in [6.45, 7) is 2.34. The van der Waals surface area contributed by atoms with Crippen molar-refractivity contribution in [2.45, 2.75) is 44.4 Å². The van der Waals surface area contributed by atoms with Gasteiger partial charge in [-0.3, -0.25) is 9.59 Å². The van der Waals surface area contributed by atoms with Crippen LogP contribution in [0.15, 0.2) is 5.10 Å². The van der Waals surface area contributed by atoms with E-state index in [-0.39, 0.29) is 13.0 Å². The number of nitrogens with one attached hydrogen (secondary N) is 2. The van der Waals surface area contributed by atoms with E-state index in [9.17, 15) is 19.5 Å². The summed E-state index contributed by atoms with van der Waals surface area (Å²) in [7, 11) is 0. The SMILES string of the molecule is CCCCNC(=O)[C@@H]1[C@@H](O)CC=NN1C(=O)[C@H]1COC(=O)N1. The first-order chi connectivity index (χ1) is 10.5. The quantitative estimate of drug-likeness (QED) is 0.560. The van der Waals surface area contributed by atoms with Crippen LogP contribution in [0.25, 0.3) is 0 Å². The number of nitrogens with zero attached hydrogens (tertiary/aromatic N) is 2. The van der Waals surface area contributed by atoms with Crippen molar-refractivity contribution in [1.82, 2.24) is 15.6 Å². The molecule has 0 aromatic rings. The lowest BCUT2D eigenvalue weighted by molar-refractivity contribution is -0.146. The number of alkyl carbamates (subject to hydrolysis) is 1. The predicted molar refractivity (Wildman–Crippen MR) is 75.9 cm³/mol. The van der Waals surface area contributed by atoms with Crippen LogP contribution in [0.5, 0.6) is 0 Å². The summed E-state index contributed by atoms with van der Waals surface area (Å²) in [5.74, 6) is -1.05. The number of amides is 3. The normalized spacial score (nSPS) is 27.3. The minimum atomic E-state index is -1.10. The smallest absolute Gasteiger partial charge is 0.407 e. The molecule has 2 heterocycles. The van der Waals surface area contributed by atoms with Crippen LogP contribution in [0, 0.1) is 0 Å². The van der Waals surface area contributed by atoms with Crippen molar-refractivity contribution in [3.8, 4) is 0 Å². The number of hydrazone groups is 1. The van der Waals surface area contributed by atoms with Crippen LogP contribution in [0.1, 0.15) is 26.2 Å². The summed E-state index contributed by atoms with van der Waals surface area (Å²) >= 11 is 0. The van der Waals surface area contributed by atoms with Gasteiger partial charge in [-0.2, -0.15) is 5.10 Å². The second kappa shape index (κ2) is 7.21. The minimum absolute atomic E-state index is 0.121. The van der Waals surface area contributed by atoms with Crippen molar-refractivity contribution in [3.05, 3.63) is 0 Å². The molecule has 9 heteroatoms. The van der Waals surface area contributed by atoms with E-state index in [1.165, 1.54) is 6.21 Å². The van der Waals surface area contributed by atoms with Gasteiger partial charge in [0.25, 0.3) is 5.91 Å². The van der Waals surface area contributed by atoms with Gasteiger partial charge in [0.15, 0.2) is 6.04 Å². The van der Waals surface area contributed by atoms with Crippen LogP contribution < -0.4 is 10.6 Å². The van der Waals surface area contributed by atoms with Crippen molar-refractivity contribution < 1.29 is 24.2 Å². The van der Waals surface area contributed by atoms with Gasteiger partial charge in [0.05, 0.1) is 6.10 Å². The lowest BCUT2D eigenvalue weighted by Gasteiger charge is -2.33. The molecule has 2 aliphatic heterocycles.